The lowest BCUT2D eigenvalue weighted by Crippen LogP contribution is -2.52. The van der Waals surface area contributed by atoms with Crippen molar-refractivity contribution in [2.75, 3.05) is 13.2 Å². The van der Waals surface area contributed by atoms with Gasteiger partial charge in [0.1, 0.15) is 10.4 Å². The highest BCUT2D eigenvalue weighted by Gasteiger charge is 2.46. The minimum Gasteiger partial charge on any atom is -0.381 e. The lowest BCUT2D eigenvalue weighted by Gasteiger charge is -2.44. The molecule has 1 amide bonds. The Morgan fingerprint density at radius 1 is 1.23 bits per heavy atom. The van der Waals surface area contributed by atoms with Crippen molar-refractivity contribution in [2.45, 2.75) is 45.1 Å². The first-order chi connectivity index (χ1) is 17.0. The van der Waals surface area contributed by atoms with Crippen LogP contribution in [0.25, 0.3) is 27.6 Å². The van der Waals surface area contributed by atoms with Crippen LogP contribution < -0.4 is 5.32 Å². The van der Waals surface area contributed by atoms with E-state index in [-0.39, 0.29) is 17.4 Å². The highest BCUT2D eigenvalue weighted by molar-refractivity contribution is 9.10. The average molecular weight is 535 g/mol. The molecule has 2 aliphatic rings. The average Bonchev–Trinajstić information content (AvgIpc) is 3.19. The van der Waals surface area contributed by atoms with E-state index in [4.69, 9.17) is 9.72 Å². The number of nitrogens with zero attached hydrogens (tertiary/aromatic N) is 5. The Hall–Kier alpha value is -2.91. The molecule has 1 N–H and O–H groups in total. The zero-order valence-corrected chi connectivity index (χ0v) is 21.2. The second kappa shape index (κ2) is 8.95. The maximum atomic E-state index is 12.9. The number of rotatable bonds is 5. The molecule has 1 aliphatic heterocycles. The summed E-state index contributed by atoms with van der Waals surface area (Å²) in [5.41, 5.74) is 2.32. The summed E-state index contributed by atoms with van der Waals surface area (Å²) in [5.74, 6) is 1.35. The summed E-state index contributed by atoms with van der Waals surface area (Å²) in [7, 11) is 0. The fraction of sp³-hybridized carbons (Fsp3) is 0.423. The summed E-state index contributed by atoms with van der Waals surface area (Å²) < 4.78 is 7.97. The maximum Gasteiger partial charge on any atom is 0.226 e. The molecule has 2 fully saturated rings. The first kappa shape index (κ1) is 22.5. The van der Waals surface area contributed by atoms with Crippen LogP contribution in [0.5, 0.6) is 0 Å². The van der Waals surface area contributed by atoms with Crippen molar-refractivity contribution in [3.63, 3.8) is 0 Å². The Balaban J connectivity index is 1.19. The Kier molecular flexibility index (Phi) is 5.76. The zero-order valence-electron chi connectivity index (χ0n) is 19.6. The number of pyridine rings is 1. The number of amides is 1. The molecule has 3 aromatic heterocycles. The van der Waals surface area contributed by atoms with Crippen LogP contribution in [0.4, 0.5) is 0 Å². The Morgan fingerprint density at radius 2 is 2.06 bits per heavy atom. The van der Waals surface area contributed by atoms with E-state index in [2.05, 4.69) is 49.3 Å². The van der Waals surface area contributed by atoms with Gasteiger partial charge in [-0.1, -0.05) is 13.0 Å². The fourth-order valence-corrected chi connectivity index (χ4v) is 5.82. The number of hydrogen-bond acceptors (Lipinski definition) is 6. The van der Waals surface area contributed by atoms with Gasteiger partial charge in [0.15, 0.2) is 5.65 Å². The molecule has 35 heavy (non-hydrogen) atoms. The quantitative estimate of drug-likeness (QED) is 0.408. The number of fused-ring (bicyclic) bond motifs is 2. The van der Waals surface area contributed by atoms with Crippen molar-refractivity contribution in [2.24, 2.45) is 11.3 Å². The van der Waals surface area contributed by atoms with Gasteiger partial charge in [-0.05, 0) is 71.8 Å². The van der Waals surface area contributed by atoms with E-state index in [1.54, 1.807) is 6.20 Å². The van der Waals surface area contributed by atoms with Crippen LogP contribution >= 0.6 is 15.9 Å². The molecule has 9 heteroatoms. The predicted molar refractivity (Wildman–Crippen MR) is 136 cm³/mol. The molecule has 1 saturated heterocycles. The van der Waals surface area contributed by atoms with Gasteiger partial charge in [0.2, 0.25) is 5.91 Å². The van der Waals surface area contributed by atoms with Gasteiger partial charge in [-0.2, -0.15) is 5.10 Å². The third-order valence-corrected chi connectivity index (χ3v) is 7.90. The van der Waals surface area contributed by atoms with Gasteiger partial charge in [-0.15, -0.1) is 0 Å². The molecule has 0 bridgehead atoms. The number of carbonyl (C=O) groups is 1. The molecular weight excluding hydrogens is 508 g/mol. The maximum absolute atomic E-state index is 12.9. The molecule has 0 spiro atoms. The molecule has 0 unspecified atom stereocenters. The van der Waals surface area contributed by atoms with Crippen LogP contribution in [-0.4, -0.2) is 49.9 Å². The molecule has 1 aliphatic carbocycles. The van der Waals surface area contributed by atoms with E-state index in [0.717, 1.165) is 78.8 Å². The van der Waals surface area contributed by atoms with Crippen LogP contribution in [0, 0.1) is 11.3 Å². The summed E-state index contributed by atoms with van der Waals surface area (Å²) in [6, 6.07) is 10.3. The van der Waals surface area contributed by atoms with E-state index in [9.17, 15) is 4.79 Å². The number of nitrogens with one attached hydrogen (secondary N) is 1. The molecular formula is C26H27BrN6O2. The largest absolute Gasteiger partial charge is 0.381 e. The van der Waals surface area contributed by atoms with E-state index in [0.29, 0.717) is 10.5 Å². The summed E-state index contributed by atoms with van der Waals surface area (Å²) in [5, 5.41) is 9.83. The standard InChI is InChI=1S/C26H27BrN6O2/c1-26(25(34)30-18-6-9-35-10-7-18)13-16(14-26)11-22-29-15-20-23(27)32-33(24(20)31-22)19-4-5-21-17(12-19)3-2-8-28-21/h2-5,8,12,15-16,18H,6-7,9-11,13-14H2,1H3,(H,30,34). The third-order valence-electron chi connectivity index (χ3n) is 7.31. The van der Waals surface area contributed by atoms with Crippen molar-refractivity contribution < 1.29 is 9.53 Å². The van der Waals surface area contributed by atoms with Crippen LogP contribution in [0.3, 0.4) is 0 Å². The lowest BCUT2D eigenvalue weighted by molar-refractivity contribution is -0.139. The number of carbonyl (C=O) groups excluding carboxylic acids is 1. The summed E-state index contributed by atoms with van der Waals surface area (Å²) >= 11 is 3.56. The van der Waals surface area contributed by atoms with Crippen molar-refractivity contribution in [3.8, 4) is 5.69 Å². The topological polar surface area (TPSA) is 94.8 Å². The van der Waals surface area contributed by atoms with Crippen molar-refractivity contribution in [3.05, 3.63) is 53.2 Å². The van der Waals surface area contributed by atoms with Crippen LogP contribution in [0.2, 0.25) is 0 Å². The van der Waals surface area contributed by atoms with E-state index in [1.165, 1.54) is 0 Å². The smallest absolute Gasteiger partial charge is 0.226 e. The molecule has 8 nitrogen and oxygen atoms in total. The van der Waals surface area contributed by atoms with Crippen LogP contribution in [0.15, 0.2) is 47.3 Å². The van der Waals surface area contributed by atoms with Gasteiger partial charge in [-0.25, -0.2) is 14.6 Å². The van der Waals surface area contributed by atoms with Crippen molar-refractivity contribution in [1.82, 2.24) is 30.0 Å². The highest BCUT2D eigenvalue weighted by Crippen LogP contribution is 2.47. The van der Waals surface area contributed by atoms with Crippen molar-refractivity contribution in [1.29, 1.82) is 0 Å². The zero-order chi connectivity index (χ0) is 24.0. The number of benzene rings is 1. The third kappa shape index (κ3) is 4.31. The minimum absolute atomic E-state index is 0.171. The molecule has 4 heterocycles. The number of hydrogen-bond donors (Lipinski definition) is 1. The number of ether oxygens (including phenoxy) is 1. The second-order valence-corrected chi connectivity index (χ2v) is 10.8. The number of aromatic nitrogens is 5. The Morgan fingerprint density at radius 3 is 2.89 bits per heavy atom. The normalized spacial score (nSPS) is 22.9. The van der Waals surface area contributed by atoms with Gasteiger partial charge in [0, 0.05) is 48.9 Å². The summed E-state index contributed by atoms with van der Waals surface area (Å²) in [4.78, 5) is 26.8. The molecule has 0 radical (unpaired) electrons. The van der Waals surface area contributed by atoms with Gasteiger partial charge in [-0.3, -0.25) is 9.78 Å². The Bertz CT molecular complexity index is 1410. The van der Waals surface area contributed by atoms with Crippen LogP contribution in [0.1, 0.15) is 38.4 Å². The van der Waals surface area contributed by atoms with E-state index in [1.807, 2.05) is 35.1 Å². The molecule has 0 atom stereocenters. The van der Waals surface area contributed by atoms with Gasteiger partial charge in [0.25, 0.3) is 0 Å². The van der Waals surface area contributed by atoms with Gasteiger partial charge < -0.3 is 10.1 Å². The van der Waals surface area contributed by atoms with Gasteiger partial charge >= 0.3 is 0 Å². The predicted octanol–water partition coefficient (Wildman–Crippen LogP) is 4.38. The summed E-state index contributed by atoms with van der Waals surface area (Å²) in [6.45, 7) is 3.53. The lowest BCUT2D eigenvalue weighted by atomic mass is 9.61. The monoisotopic (exact) mass is 534 g/mol. The molecule has 1 aromatic carbocycles. The minimum atomic E-state index is -0.309. The first-order valence-corrected chi connectivity index (χ1v) is 12.9. The molecule has 180 valence electrons. The molecule has 1 saturated carbocycles. The highest BCUT2D eigenvalue weighted by atomic mass is 79.9. The second-order valence-electron chi connectivity index (χ2n) is 10.0. The van der Waals surface area contributed by atoms with E-state index < -0.39 is 0 Å². The molecule has 6 rings (SSSR count). The number of halogens is 1. The van der Waals surface area contributed by atoms with Crippen molar-refractivity contribution >= 4 is 43.8 Å². The molecule has 4 aromatic rings. The fourth-order valence-electron chi connectivity index (χ4n) is 5.38. The summed E-state index contributed by atoms with van der Waals surface area (Å²) in [6.07, 6.45) is 7.88. The first-order valence-electron chi connectivity index (χ1n) is 12.1. The van der Waals surface area contributed by atoms with Gasteiger partial charge in [0.05, 0.1) is 16.6 Å². The van der Waals surface area contributed by atoms with E-state index >= 15 is 0 Å². The SMILES string of the molecule is CC1(C(=O)NC2CCOCC2)CC(Cc2ncc3c(Br)nn(-c4ccc5ncccc5c4)c3n2)C1. The Labute approximate surface area is 211 Å². The van der Waals surface area contributed by atoms with Crippen LogP contribution in [-0.2, 0) is 16.0 Å².